The van der Waals surface area contributed by atoms with Gasteiger partial charge in [0.05, 0.1) is 11.5 Å². The Labute approximate surface area is 159 Å². The molecular formula is C17H14Cl2N4O3. The van der Waals surface area contributed by atoms with Gasteiger partial charge in [-0.15, -0.1) is 10.2 Å². The molecule has 1 heterocycles. The quantitative estimate of drug-likeness (QED) is 0.478. The fraction of sp³-hybridized carbons (Fsp3) is 0.176. The van der Waals surface area contributed by atoms with Crippen LogP contribution >= 0.6 is 23.2 Å². The van der Waals surface area contributed by atoms with E-state index in [1.165, 1.54) is 12.1 Å². The summed E-state index contributed by atoms with van der Waals surface area (Å²) in [6.45, 7) is 2.31. The smallest absolute Gasteiger partial charge is 0.269 e. The molecule has 0 fully saturated rings. The predicted octanol–water partition coefficient (Wildman–Crippen LogP) is 4.80. The van der Waals surface area contributed by atoms with Crippen molar-refractivity contribution in [3.63, 3.8) is 0 Å². The van der Waals surface area contributed by atoms with Gasteiger partial charge in [-0.1, -0.05) is 29.3 Å². The van der Waals surface area contributed by atoms with E-state index >= 15 is 0 Å². The lowest BCUT2D eigenvalue weighted by atomic mass is 10.1. The Balaban J connectivity index is 1.65. The molecular weight excluding hydrogens is 379 g/mol. The minimum absolute atomic E-state index is 0.00354. The molecule has 1 atom stereocenters. The van der Waals surface area contributed by atoms with Gasteiger partial charge in [-0.3, -0.25) is 10.1 Å². The third kappa shape index (κ3) is 4.19. The number of rotatable bonds is 6. The molecule has 0 radical (unpaired) electrons. The number of hydrogen-bond donors (Lipinski definition) is 1. The average molecular weight is 393 g/mol. The van der Waals surface area contributed by atoms with E-state index in [0.717, 1.165) is 5.56 Å². The SMILES string of the molecule is CC(NCc1nnc(-c2ccc([N+](=O)[O-])cc2)o1)c1ccc(Cl)cc1Cl. The molecule has 0 amide bonds. The second-order valence-electron chi connectivity index (χ2n) is 5.57. The summed E-state index contributed by atoms with van der Waals surface area (Å²) in [7, 11) is 0. The third-order valence-electron chi connectivity index (χ3n) is 3.78. The van der Waals surface area contributed by atoms with Crippen LogP contribution < -0.4 is 5.32 Å². The molecule has 0 saturated heterocycles. The summed E-state index contributed by atoms with van der Waals surface area (Å²) >= 11 is 12.1. The van der Waals surface area contributed by atoms with Crippen molar-refractivity contribution in [2.24, 2.45) is 0 Å². The maximum absolute atomic E-state index is 10.7. The number of hydrogen-bond acceptors (Lipinski definition) is 6. The van der Waals surface area contributed by atoms with Gasteiger partial charge >= 0.3 is 0 Å². The largest absolute Gasteiger partial charge is 0.419 e. The molecule has 0 spiro atoms. The van der Waals surface area contributed by atoms with Crippen LogP contribution in [0.15, 0.2) is 46.9 Å². The highest BCUT2D eigenvalue weighted by Crippen LogP contribution is 2.26. The first-order valence-electron chi connectivity index (χ1n) is 7.69. The van der Waals surface area contributed by atoms with Crippen molar-refractivity contribution in [2.75, 3.05) is 0 Å². The molecule has 134 valence electrons. The molecule has 0 saturated carbocycles. The van der Waals surface area contributed by atoms with Crippen LogP contribution in [-0.2, 0) is 6.54 Å². The van der Waals surface area contributed by atoms with E-state index in [2.05, 4.69) is 15.5 Å². The standard InChI is InChI=1S/C17H14Cl2N4O3/c1-10(14-7-4-12(18)8-15(14)19)20-9-16-21-22-17(26-16)11-2-5-13(6-3-11)23(24)25/h2-8,10,20H,9H2,1H3. The molecule has 0 aliphatic heterocycles. The maximum Gasteiger partial charge on any atom is 0.269 e. The zero-order valence-electron chi connectivity index (χ0n) is 13.6. The van der Waals surface area contributed by atoms with Gasteiger partial charge in [0.2, 0.25) is 11.8 Å². The number of nitro groups is 1. The van der Waals surface area contributed by atoms with Crippen LogP contribution in [0, 0.1) is 10.1 Å². The first-order valence-corrected chi connectivity index (χ1v) is 8.45. The zero-order chi connectivity index (χ0) is 18.7. The highest BCUT2D eigenvalue weighted by Gasteiger charge is 2.14. The number of non-ortho nitro benzene ring substituents is 1. The van der Waals surface area contributed by atoms with Crippen molar-refractivity contribution < 1.29 is 9.34 Å². The topological polar surface area (TPSA) is 94.1 Å². The molecule has 0 bridgehead atoms. The highest BCUT2D eigenvalue weighted by atomic mass is 35.5. The summed E-state index contributed by atoms with van der Waals surface area (Å²) in [6.07, 6.45) is 0. The van der Waals surface area contributed by atoms with Crippen molar-refractivity contribution >= 4 is 28.9 Å². The molecule has 2 aromatic carbocycles. The Kier molecular flexibility index (Phi) is 5.51. The lowest BCUT2D eigenvalue weighted by molar-refractivity contribution is -0.384. The minimum atomic E-state index is -0.462. The van der Waals surface area contributed by atoms with E-state index in [-0.39, 0.29) is 11.7 Å². The first-order chi connectivity index (χ1) is 12.4. The Morgan fingerprint density at radius 3 is 2.58 bits per heavy atom. The van der Waals surface area contributed by atoms with E-state index in [4.69, 9.17) is 27.6 Å². The number of nitrogens with one attached hydrogen (secondary N) is 1. The normalized spacial score (nSPS) is 12.1. The molecule has 1 aromatic heterocycles. The molecule has 3 aromatic rings. The van der Waals surface area contributed by atoms with E-state index in [1.54, 1.807) is 24.3 Å². The molecule has 9 heteroatoms. The third-order valence-corrected chi connectivity index (χ3v) is 4.34. The Hall–Kier alpha value is -2.48. The van der Waals surface area contributed by atoms with E-state index < -0.39 is 4.92 Å². The number of nitrogens with zero attached hydrogens (tertiary/aromatic N) is 3. The molecule has 7 nitrogen and oxygen atoms in total. The van der Waals surface area contributed by atoms with Gasteiger partial charge < -0.3 is 9.73 Å². The van der Waals surface area contributed by atoms with Crippen LogP contribution in [0.5, 0.6) is 0 Å². The Morgan fingerprint density at radius 1 is 1.19 bits per heavy atom. The van der Waals surface area contributed by atoms with Crippen LogP contribution in [0.1, 0.15) is 24.4 Å². The molecule has 3 rings (SSSR count). The number of nitro benzene ring substituents is 1. The van der Waals surface area contributed by atoms with Crippen molar-refractivity contribution in [1.82, 2.24) is 15.5 Å². The van der Waals surface area contributed by atoms with Crippen molar-refractivity contribution in [1.29, 1.82) is 0 Å². The predicted molar refractivity (Wildman–Crippen MR) is 98.1 cm³/mol. The zero-order valence-corrected chi connectivity index (χ0v) is 15.2. The summed E-state index contributed by atoms with van der Waals surface area (Å²) in [4.78, 5) is 10.2. The fourth-order valence-electron chi connectivity index (χ4n) is 2.37. The van der Waals surface area contributed by atoms with Crippen molar-refractivity contribution in [2.45, 2.75) is 19.5 Å². The summed E-state index contributed by atoms with van der Waals surface area (Å²) in [6, 6.07) is 11.2. The van der Waals surface area contributed by atoms with Gasteiger partial charge in [-0.2, -0.15) is 0 Å². The van der Waals surface area contributed by atoms with Gasteiger partial charge in [0.15, 0.2) is 0 Å². The van der Waals surface area contributed by atoms with E-state index in [9.17, 15) is 10.1 Å². The summed E-state index contributed by atoms with van der Waals surface area (Å²) in [5.41, 5.74) is 1.53. The first kappa shape index (κ1) is 18.3. The van der Waals surface area contributed by atoms with Gasteiger partial charge in [0.1, 0.15) is 0 Å². The lowest BCUT2D eigenvalue weighted by Crippen LogP contribution is -2.18. The van der Waals surface area contributed by atoms with Crippen LogP contribution in [-0.4, -0.2) is 15.1 Å². The molecule has 0 aliphatic rings. The number of benzene rings is 2. The summed E-state index contributed by atoms with van der Waals surface area (Å²) < 4.78 is 5.60. The van der Waals surface area contributed by atoms with Crippen LogP contribution in [0.3, 0.4) is 0 Å². The van der Waals surface area contributed by atoms with Gasteiger partial charge in [0.25, 0.3) is 5.69 Å². The second kappa shape index (κ2) is 7.82. The fourth-order valence-corrected chi connectivity index (χ4v) is 2.94. The summed E-state index contributed by atoms with van der Waals surface area (Å²) in [5.74, 6) is 0.698. The van der Waals surface area contributed by atoms with Crippen LogP contribution in [0.4, 0.5) is 5.69 Å². The van der Waals surface area contributed by atoms with Gasteiger partial charge in [-0.05, 0) is 36.8 Å². The van der Waals surface area contributed by atoms with Gasteiger partial charge in [0, 0.05) is 33.8 Å². The lowest BCUT2D eigenvalue weighted by Gasteiger charge is -2.14. The second-order valence-corrected chi connectivity index (χ2v) is 6.42. The maximum atomic E-state index is 10.7. The average Bonchev–Trinajstić information content (AvgIpc) is 3.09. The van der Waals surface area contributed by atoms with Crippen molar-refractivity contribution in [3.05, 3.63) is 74.1 Å². The molecule has 1 N–H and O–H groups in total. The summed E-state index contributed by atoms with van der Waals surface area (Å²) in [5, 5.41) is 23.1. The van der Waals surface area contributed by atoms with Crippen LogP contribution in [0.2, 0.25) is 10.0 Å². The Morgan fingerprint density at radius 2 is 1.92 bits per heavy atom. The minimum Gasteiger partial charge on any atom is -0.419 e. The highest BCUT2D eigenvalue weighted by molar-refractivity contribution is 6.35. The number of halogens is 2. The van der Waals surface area contributed by atoms with Crippen LogP contribution in [0.25, 0.3) is 11.5 Å². The molecule has 1 unspecified atom stereocenters. The van der Waals surface area contributed by atoms with Gasteiger partial charge in [-0.25, -0.2) is 0 Å². The monoisotopic (exact) mass is 392 g/mol. The Bertz CT molecular complexity index is 928. The van der Waals surface area contributed by atoms with Crippen molar-refractivity contribution in [3.8, 4) is 11.5 Å². The van der Waals surface area contributed by atoms with E-state index in [1.807, 2.05) is 13.0 Å². The molecule has 26 heavy (non-hydrogen) atoms. The molecule has 0 aliphatic carbocycles. The van der Waals surface area contributed by atoms with E-state index in [0.29, 0.717) is 33.9 Å². The number of aromatic nitrogens is 2.